The van der Waals surface area contributed by atoms with Crippen LogP contribution in [0.3, 0.4) is 0 Å². The molecule has 0 N–H and O–H groups in total. The molecule has 3 heterocycles. The molecule has 10 atom stereocenters. The lowest BCUT2D eigenvalue weighted by Gasteiger charge is -2.49. The normalized spacial score (nSPS) is 46.4. The van der Waals surface area contributed by atoms with E-state index in [-0.39, 0.29) is 48.8 Å². The van der Waals surface area contributed by atoms with E-state index in [1.807, 2.05) is 6.92 Å². The lowest BCUT2D eigenvalue weighted by atomic mass is 9.81. The number of ether oxygens (including phenoxy) is 4. The van der Waals surface area contributed by atoms with Gasteiger partial charge in [0.1, 0.15) is 12.2 Å². The van der Waals surface area contributed by atoms with Gasteiger partial charge in [-0.25, -0.2) is 0 Å². The Kier molecular flexibility index (Phi) is 7.31. The molecule has 6 nitrogen and oxygen atoms in total. The van der Waals surface area contributed by atoms with Crippen molar-refractivity contribution in [2.24, 2.45) is 17.8 Å². The van der Waals surface area contributed by atoms with Crippen LogP contribution in [0, 0.1) is 17.8 Å². The molecule has 168 valence electrons. The maximum atomic E-state index is 6.57. The van der Waals surface area contributed by atoms with E-state index < -0.39 is 8.56 Å². The fourth-order valence-corrected chi connectivity index (χ4v) is 6.40. The molecule has 0 bridgehead atoms. The second-order valence-electron chi connectivity index (χ2n) is 9.59. The summed E-state index contributed by atoms with van der Waals surface area (Å²) in [5.74, 6) is 1.10. The van der Waals surface area contributed by atoms with Crippen LogP contribution in [-0.4, -0.2) is 64.7 Å². The predicted molar refractivity (Wildman–Crippen MR) is 114 cm³/mol. The molecule has 3 rings (SSSR count). The van der Waals surface area contributed by atoms with Gasteiger partial charge in [-0.3, -0.25) is 0 Å². The maximum Gasteiger partial charge on any atom is 0.332 e. The first-order valence-electron chi connectivity index (χ1n) is 11.1. The van der Waals surface area contributed by atoms with Crippen LogP contribution in [0.5, 0.6) is 0 Å². The molecule has 3 saturated heterocycles. The first-order chi connectivity index (χ1) is 13.5. The summed E-state index contributed by atoms with van der Waals surface area (Å²) in [6.07, 6.45) is -0.251. The molecule has 0 aliphatic carbocycles. The van der Waals surface area contributed by atoms with Crippen LogP contribution in [0.1, 0.15) is 41.5 Å². The zero-order valence-electron chi connectivity index (χ0n) is 19.3. The Labute approximate surface area is 177 Å². The molecule has 29 heavy (non-hydrogen) atoms. The molecule has 3 aliphatic heterocycles. The standard InChI is InChI=1S/C22H40O6Si/c1-12-13(2)16(5)25-19(14(12)3)11-24-29(8,9)28-21-15(4)22-20(26-17(21)6)10-23-18(7)27-22/h12-13,15-22H,3,10-11H2,1-2,4-9H3/t12-,13?,15-,16+,17+,18?,19?,20?,21?,22-/m1/s1. The molecular formula is C22H40O6Si. The first-order valence-corrected chi connectivity index (χ1v) is 13.9. The van der Waals surface area contributed by atoms with Gasteiger partial charge in [0.2, 0.25) is 0 Å². The van der Waals surface area contributed by atoms with Crippen molar-refractivity contribution in [2.75, 3.05) is 13.2 Å². The van der Waals surface area contributed by atoms with E-state index in [4.69, 9.17) is 27.8 Å². The van der Waals surface area contributed by atoms with Gasteiger partial charge in [-0.2, -0.15) is 0 Å². The van der Waals surface area contributed by atoms with Crippen molar-refractivity contribution < 1.29 is 27.8 Å². The molecule has 0 saturated carbocycles. The van der Waals surface area contributed by atoms with Crippen LogP contribution >= 0.6 is 0 Å². The first kappa shape index (κ1) is 23.4. The summed E-state index contributed by atoms with van der Waals surface area (Å²) < 4.78 is 36.9. The van der Waals surface area contributed by atoms with Crippen molar-refractivity contribution in [3.05, 3.63) is 12.2 Å². The summed E-state index contributed by atoms with van der Waals surface area (Å²) in [6.45, 7) is 22.3. The Hall–Kier alpha value is -0.283. The van der Waals surface area contributed by atoms with Gasteiger partial charge < -0.3 is 27.8 Å². The van der Waals surface area contributed by atoms with E-state index in [0.717, 1.165) is 5.57 Å². The Morgan fingerprint density at radius 2 is 1.66 bits per heavy atom. The molecule has 5 unspecified atom stereocenters. The monoisotopic (exact) mass is 428 g/mol. The summed E-state index contributed by atoms with van der Waals surface area (Å²) in [5.41, 5.74) is 1.12. The summed E-state index contributed by atoms with van der Waals surface area (Å²) in [7, 11) is -2.41. The SMILES string of the molecule is C=C1C(CO[Si](C)(C)OC2[C@H](C)OC3COC(C)O[C@@H]3[C@@H]2C)O[C@@H](C)C(C)[C@H]1C. The predicted octanol–water partition coefficient (Wildman–Crippen LogP) is 3.89. The van der Waals surface area contributed by atoms with Crippen molar-refractivity contribution >= 4 is 8.56 Å². The highest BCUT2D eigenvalue weighted by atomic mass is 28.4. The van der Waals surface area contributed by atoms with Crippen LogP contribution in [-0.2, 0) is 27.8 Å². The molecule has 0 radical (unpaired) electrons. The van der Waals surface area contributed by atoms with E-state index in [0.29, 0.717) is 25.0 Å². The van der Waals surface area contributed by atoms with E-state index in [1.54, 1.807) is 0 Å². The van der Waals surface area contributed by atoms with Crippen LogP contribution in [0.2, 0.25) is 13.1 Å². The smallest absolute Gasteiger partial charge is 0.332 e. The van der Waals surface area contributed by atoms with E-state index >= 15 is 0 Å². The fraction of sp³-hybridized carbons (Fsp3) is 0.909. The van der Waals surface area contributed by atoms with Gasteiger partial charge in [0, 0.05) is 5.92 Å². The average Bonchev–Trinajstić information content (AvgIpc) is 2.66. The van der Waals surface area contributed by atoms with Crippen LogP contribution in [0.15, 0.2) is 12.2 Å². The van der Waals surface area contributed by atoms with Crippen molar-refractivity contribution in [3.63, 3.8) is 0 Å². The summed E-state index contributed by atoms with van der Waals surface area (Å²) >= 11 is 0. The fourth-order valence-electron chi connectivity index (χ4n) is 4.72. The second-order valence-corrected chi connectivity index (χ2v) is 12.9. The topological polar surface area (TPSA) is 55.4 Å². The molecule has 0 spiro atoms. The Morgan fingerprint density at radius 1 is 0.966 bits per heavy atom. The number of hydrogen-bond donors (Lipinski definition) is 0. The van der Waals surface area contributed by atoms with Gasteiger partial charge >= 0.3 is 8.56 Å². The third-order valence-electron chi connectivity index (χ3n) is 7.01. The number of fused-ring (bicyclic) bond motifs is 1. The maximum absolute atomic E-state index is 6.57. The Bertz CT molecular complexity index is 584. The quantitative estimate of drug-likeness (QED) is 0.489. The minimum Gasteiger partial charge on any atom is -0.391 e. The summed E-state index contributed by atoms with van der Waals surface area (Å²) in [5, 5.41) is 0. The molecule has 0 aromatic rings. The molecular weight excluding hydrogens is 388 g/mol. The highest BCUT2D eigenvalue weighted by Crippen LogP contribution is 2.36. The minimum atomic E-state index is -2.41. The molecule has 3 fully saturated rings. The van der Waals surface area contributed by atoms with Gasteiger partial charge in [0.05, 0.1) is 37.6 Å². The van der Waals surface area contributed by atoms with E-state index in [2.05, 4.69) is 54.3 Å². The Balaban J connectivity index is 1.59. The second kappa shape index (κ2) is 9.07. The van der Waals surface area contributed by atoms with Gasteiger partial charge in [0.15, 0.2) is 6.29 Å². The lowest BCUT2D eigenvalue weighted by Crippen LogP contribution is -2.61. The van der Waals surface area contributed by atoms with Crippen molar-refractivity contribution in [2.45, 2.75) is 97.6 Å². The van der Waals surface area contributed by atoms with Crippen molar-refractivity contribution in [1.29, 1.82) is 0 Å². The van der Waals surface area contributed by atoms with Gasteiger partial charge in [-0.15, -0.1) is 0 Å². The van der Waals surface area contributed by atoms with Crippen LogP contribution in [0.4, 0.5) is 0 Å². The minimum absolute atomic E-state index is 0.0191. The van der Waals surface area contributed by atoms with Crippen molar-refractivity contribution in [3.8, 4) is 0 Å². The molecule has 0 aromatic carbocycles. The third kappa shape index (κ3) is 5.14. The lowest BCUT2D eigenvalue weighted by molar-refractivity contribution is -0.305. The van der Waals surface area contributed by atoms with Crippen LogP contribution in [0.25, 0.3) is 0 Å². The zero-order chi connectivity index (χ0) is 21.5. The molecule has 3 aliphatic rings. The summed E-state index contributed by atoms with van der Waals surface area (Å²) in [6, 6.07) is 0. The third-order valence-corrected chi connectivity index (χ3v) is 8.71. The molecule has 7 heteroatoms. The highest BCUT2D eigenvalue weighted by molar-refractivity contribution is 6.64. The molecule has 0 aromatic heterocycles. The van der Waals surface area contributed by atoms with Crippen LogP contribution < -0.4 is 0 Å². The number of hydrogen-bond acceptors (Lipinski definition) is 6. The van der Waals surface area contributed by atoms with Gasteiger partial charge in [0.25, 0.3) is 0 Å². The summed E-state index contributed by atoms with van der Waals surface area (Å²) in [4.78, 5) is 0. The number of rotatable bonds is 5. The average molecular weight is 429 g/mol. The zero-order valence-corrected chi connectivity index (χ0v) is 20.3. The highest BCUT2D eigenvalue weighted by Gasteiger charge is 2.48. The Morgan fingerprint density at radius 3 is 2.34 bits per heavy atom. The van der Waals surface area contributed by atoms with E-state index in [9.17, 15) is 0 Å². The molecule has 0 amide bonds. The van der Waals surface area contributed by atoms with Gasteiger partial charge in [-0.1, -0.05) is 27.4 Å². The van der Waals surface area contributed by atoms with E-state index in [1.165, 1.54) is 0 Å². The van der Waals surface area contributed by atoms with Crippen molar-refractivity contribution in [1.82, 2.24) is 0 Å². The largest absolute Gasteiger partial charge is 0.391 e. The van der Waals surface area contributed by atoms with Gasteiger partial charge in [-0.05, 0) is 51.3 Å².